The van der Waals surface area contributed by atoms with Gasteiger partial charge in [0.2, 0.25) is 0 Å². The molecule has 0 radical (unpaired) electrons. The van der Waals surface area contributed by atoms with E-state index in [1.54, 1.807) is 11.3 Å². The average Bonchev–Trinajstić information content (AvgIpc) is 2.88. The number of rotatable bonds is 4. The molecule has 2 aromatic rings. The molecule has 90 valence electrons. The minimum absolute atomic E-state index is 0.644. The second-order valence-corrected chi connectivity index (χ2v) is 6.13. The van der Waals surface area contributed by atoms with Crippen LogP contribution < -0.4 is 5.32 Å². The normalized spacial score (nSPS) is 22.9. The number of nitrogens with zero attached hydrogens (tertiary/aromatic N) is 1. The van der Waals surface area contributed by atoms with Crippen LogP contribution in [0.2, 0.25) is 5.02 Å². The van der Waals surface area contributed by atoms with Gasteiger partial charge in [-0.05, 0) is 37.0 Å². The molecule has 0 aliphatic heterocycles. The van der Waals surface area contributed by atoms with Gasteiger partial charge in [-0.2, -0.15) is 0 Å². The Kier molecular flexibility index (Phi) is 2.97. The van der Waals surface area contributed by atoms with E-state index in [0.29, 0.717) is 6.04 Å². The zero-order valence-corrected chi connectivity index (χ0v) is 11.3. The summed E-state index contributed by atoms with van der Waals surface area (Å²) in [4.78, 5) is 4.58. The summed E-state index contributed by atoms with van der Waals surface area (Å²) in [5, 5.41) is 5.34. The molecule has 1 saturated carbocycles. The number of fused-ring (bicyclic) bond motifs is 1. The van der Waals surface area contributed by atoms with Crippen molar-refractivity contribution in [3.8, 4) is 0 Å². The summed E-state index contributed by atoms with van der Waals surface area (Å²) in [6.45, 7) is 2.25. The molecule has 4 heteroatoms. The van der Waals surface area contributed by atoms with E-state index in [1.165, 1.54) is 19.3 Å². The van der Waals surface area contributed by atoms with Crippen LogP contribution in [-0.2, 0) is 0 Å². The summed E-state index contributed by atoms with van der Waals surface area (Å²) in [6.07, 6.45) is 3.90. The Hall–Kier alpha value is -0.800. The minimum atomic E-state index is 0.644. The van der Waals surface area contributed by atoms with E-state index in [1.807, 2.05) is 18.2 Å². The van der Waals surface area contributed by atoms with E-state index < -0.39 is 0 Å². The highest BCUT2D eigenvalue weighted by atomic mass is 35.5. The first kappa shape index (κ1) is 11.3. The number of halogens is 1. The second kappa shape index (κ2) is 4.46. The van der Waals surface area contributed by atoms with Crippen LogP contribution in [0.1, 0.15) is 26.2 Å². The first-order chi connectivity index (χ1) is 8.26. The lowest BCUT2D eigenvalue weighted by Crippen LogP contribution is -2.03. The lowest BCUT2D eigenvalue weighted by Gasteiger charge is -1.99. The van der Waals surface area contributed by atoms with Crippen molar-refractivity contribution in [1.29, 1.82) is 0 Å². The van der Waals surface area contributed by atoms with E-state index in [9.17, 15) is 0 Å². The van der Waals surface area contributed by atoms with Gasteiger partial charge >= 0.3 is 0 Å². The van der Waals surface area contributed by atoms with Crippen molar-refractivity contribution in [2.24, 2.45) is 5.92 Å². The van der Waals surface area contributed by atoms with Gasteiger partial charge in [0.25, 0.3) is 0 Å². The Morgan fingerprint density at radius 3 is 3.24 bits per heavy atom. The summed E-state index contributed by atoms with van der Waals surface area (Å²) in [6, 6.07) is 6.50. The summed E-state index contributed by atoms with van der Waals surface area (Å²) >= 11 is 7.66. The maximum atomic E-state index is 5.97. The number of aromatic nitrogens is 1. The van der Waals surface area contributed by atoms with Gasteiger partial charge in [-0.1, -0.05) is 36.3 Å². The molecule has 17 heavy (non-hydrogen) atoms. The van der Waals surface area contributed by atoms with Crippen molar-refractivity contribution < 1.29 is 0 Å². The van der Waals surface area contributed by atoms with Crippen molar-refractivity contribution in [2.45, 2.75) is 32.2 Å². The van der Waals surface area contributed by atoms with Gasteiger partial charge in [-0.25, -0.2) is 4.98 Å². The minimum Gasteiger partial charge on any atom is -0.358 e. The van der Waals surface area contributed by atoms with Gasteiger partial charge in [0.15, 0.2) is 5.13 Å². The van der Waals surface area contributed by atoms with Crippen molar-refractivity contribution in [2.75, 3.05) is 5.32 Å². The third-order valence-electron chi connectivity index (χ3n) is 3.24. The molecule has 1 aliphatic rings. The molecule has 2 unspecified atom stereocenters. The zero-order valence-electron chi connectivity index (χ0n) is 9.74. The number of hydrogen-bond acceptors (Lipinski definition) is 3. The van der Waals surface area contributed by atoms with Crippen molar-refractivity contribution >= 4 is 38.3 Å². The monoisotopic (exact) mass is 266 g/mol. The molecule has 1 aromatic heterocycles. The van der Waals surface area contributed by atoms with Crippen LogP contribution in [0, 0.1) is 5.92 Å². The van der Waals surface area contributed by atoms with Crippen molar-refractivity contribution in [3.05, 3.63) is 23.2 Å². The molecule has 1 heterocycles. The molecular formula is C13H15ClN2S. The molecule has 2 atom stereocenters. The molecule has 0 spiro atoms. The van der Waals surface area contributed by atoms with Crippen LogP contribution in [0.25, 0.3) is 10.2 Å². The van der Waals surface area contributed by atoms with Crippen LogP contribution in [0.15, 0.2) is 18.2 Å². The highest BCUT2D eigenvalue weighted by Gasteiger charge is 2.36. The molecule has 0 amide bonds. The molecule has 0 saturated heterocycles. The Bertz CT molecular complexity index is 537. The number of benzene rings is 1. The fourth-order valence-electron chi connectivity index (χ4n) is 2.23. The molecular weight excluding hydrogens is 252 g/mol. The zero-order chi connectivity index (χ0) is 11.8. The smallest absolute Gasteiger partial charge is 0.184 e. The number of hydrogen-bond donors (Lipinski definition) is 1. The topological polar surface area (TPSA) is 24.9 Å². The molecule has 1 fully saturated rings. The van der Waals surface area contributed by atoms with E-state index >= 15 is 0 Å². The summed E-state index contributed by atoms with van der Waals surface area (Å²) in [5.74, 6) is 0.857. The van der Waals surface area contributed by atoms with E-state index in [2.05, 4.69) is 17.2 Å². The predicted molar refractivity (Wildman–Crippen MR) is 75.1 cm³/mol. The highest BCUT2D eigenvalue weighted by Crippen LogP contribution is 2.39. The highest BCUT2D eigenvalue weighted by molar-refractivity contribution is 7.22. The molecule has 1 N–H and O–H groups in total. The third kappa shape index (κ3) is 2.40. The number of anilines is 1. The second-order valence-electron chi connectivity index (χ2n) is 4.67. The van der Waals surface area contributed by atoms with Gasteiger partial charge in [-0.3, -0.25) is 0 Å². The molecule has 3 rings (SSSR count). The lowest BCUT2D eigenvalue weighted by atomic mass is 10.2. The van der Waals surface area contributed by atoms with Crippen molar-refractivity contribution in [3.63, 3.8) is 0 Å². The van der Waals surface area contributed by atoms with E-state index in [-0.39, 0.29) is 0 Å². The fraction of sp³-hybridized carbons (Fsp3) is 0.462. The standard InChI is InChI=1S/C13H15ClN2S/c1-2-3-8-6-11(8)16-13-15-10-5-4-9(14)7-12(10)17-13/h4-5,7-8,11H,2-3,6H2,1H3,(H,15,16). The summed E-state index contributed by atoms with van der Waals surface area (Å²) < 4.78 is 1.16. The van der Waals surface area contributed by atoms with Gasteiger partial charge in [0.1, 0.15) is 0 Å². The first-order valence-corrected chi connectivity index (χ1v) is 7.28. The number of nitrogens with one attached hydrogen (secondary N) is 1. The predicted octanol–water partition coefficient (Wildman–Crippen LogP) is 4.55. The summed E-state index contributed by atoms with van der Waals surface area (Å²) in [5.41, 5.74) is 1.04. The van der Waals surface area contributed by atoms with Crippen LogP contribution in [-0.4, -0.2) is 11.0 Å². The van der Waals surface area contributed by atoms with Gasteiger partial charge < -0.3 is 5.32 Å². The Morgan fingerprint density at radius 2 is 2.41 bits per heavy atom. The van der Waals surface area contributed by atoms with E-state index in [4.69, 9.17) is 11.6 Å². The SMILES string of the molecule is CCCC1CC1Nc1nc2ccc(Cl)cc2s1. The maximum absolute atomic E-state index is 5.97. The van der Waals surface area contributed by atoms with Crippen LogP contribution in [0.4, 0.5) is 5.13 Å². The fourth-order valence-corrected chi connectivity index (χ4v) is 3.44. The third-order valence-corrected chi connectivity index (χ3v) is 4.43. The molecule has 1 aliphatic carbocycles. The molecule has 0 bridgehead atoms. The van der Waals surface area contributed by atoms with Gasteiger partial charge in [0, 0.05) is 11.1 Å². The largest absolute Gasteiger partial charge is 0.358 e. The van der Waals surface area contributed by atoms with Gasteiger partial charge in [0.05, 0.1) is 10.2 Å². The average molecular weight is 267 g/mol. The van der Waals surface area contributed by atoms with E-state index in [0.717, 1.165) is 26.3 Å². The molecule has 1 aromatic carbocycles. The summed E-state index contributed by atoms with van der Waals surface area (Å²) in [7, 11) is 0. The maximum Gasteiger partial charge on any atom is 0.184 e. The molecule has 2 nitrogen and oxygen atoms in total. The number of thiazole rings is 1. The quantitative estimate of drug-likeness (QED) is 0.878. The van der Waals surface area contributed by atoms with Gasteiger partial charge in [-0.15, -0.1) is 0 Å². The van der Waals surface area contributed by atoms with Crippen LogP contribution >= 0.6 is 22.9 Å². The first-order valence-electron chi connectivity index (χ1n) is 6.09. The Balaban J connectivity index is 1.74. The Morgan fingerprint density at radius 1 is 1.53 bits per heavy atom. The Labute approximate surface area is 110 Å². The van der Waals surface area contributed by atoms with Crippen LogP contribution in [0.3, 0.4) is 0 Å². The van der Waals surface area contributed by atoms with Crippen LogP contribution in [0.5, 0.6) is 0 Å². The van der Waals surface area contributed by atoms with Crippen molar-refractivity contribution in [1.82, 2.24) is 4.98 Å². The lowest BCUT2D eigenvalue weighted by molar-refractivity contribution is 0.693.